The lowest BCUT2D eigenvalue weighted by molar-refractivity contribution is -0.123. The van der Waals surface area contributed by atoms with Crippen molar-refractivity contribution in [3.8, 4) is 0 Å². The molecule has 0 heterocycles. The predicted octanol–water partition coefficient (Wildman–Crippen LogP) is 1.77. The summed E-state index contributed by atoms with van der Waals surface area (Å²) < 4.78 is 0. The Morgan fingerprint density at radius 2 is 2.26 bits per heavy atom. The first kappa shape index (κ1) is 15.0. The van der Waals surface area contributed by atoms with Gasteiger partial charge in [0, 0.05) is 6.54 Å². The second-order valence-electron chi connectivity index (χ2n) is 4.57. The van der Waals surface area contributed by atoms with Crippen LogP contribution in [-0.2, 0) is 11.3 Å². The molecule has 0 aliphatic heterocycles. The van der Waals surface area contributed by atoms with E-state index in [0.29, 0.717) is 13.0 Å². The van der Waals surface area contributed by atoms with Gasteiger partial charge in [0.25, 0.3) is 0 Å². The van der Waals surface area contributed by atoms with E-state index in [1.807, 2.05) is 38.1 Å². The molecule has 104 valence electrons. The summed E-state index contributed by atoms with van der Waals surface area (Å²) in [5.74, 6) is -0.818. The van der Waals surface area contributed by atoms with Crippen LogP contribution in [-0.4, -0.2) is 17.0 Å². The van der Waals surface area contributed by atoms with Gasteiger partial charge < -0.3 is 16.3 Å². The molecule has 0 saturated heterocycles. The number of amidine groups is 1. The van der Waals surface area contributed by atoms with Crippen LogP contribution in [0, 0.1) is 12.8 Å². The van der Waals surface area contributed by atoms with E-state index >= 15 is 0 Å². The molecule has 4 N–H and O–H groups in total. The second-order valence-corrected chi connectivity index (χ2v) is 4.57. The Hall–Kier alpha value is -2.04. The quantitative estimate of drug-likeness (QED) is 0.316. The number of oxime groups is 1. The first-order valence-electron chi connectivity index (χ1n) is 6.39. The van der Waals surface area contributed by atoms with Crippen LogP contribution in [0.25, 0.3) is 0 Å². The van der Waals surface area contributed by atoms with Gasteiger partial charge in [-0.25, -0.2) is 0 Å². The Morgan fingerprint density at radius 3 is 2.84 bits per heavy atom. The molecule has 0 aliphatic carbocycles. The zero-order valence-corrected chi connectivity index (χ0v) is 11.4. The minimum absolute atomic E-state index is 0.0383. The van der Waals surface area contributed by atoms with Crippen molar-refractivity contribution in [1.29, 1.82) is 0 Å². The largest absolute Gasteiger partial charge is 0.409 e. The summed E-state index contributed by atoms with van der Waals surface area (Å²) in [6, 6.07) is 7.91. The van der Waals surface area contributed by atoms with Gasteiger partial charge in [0.1, 0.15) is 0 Å². The maximum atomic E-state index is 12.0. The molecule has 0 spiro atoms. The molecule has 1 rings (SSSR count). The van der Waals surface area contributed by atoms with Crippen LogP contribution in [0.4, 0.5) is 0 Å². The van der Waals surface area contributed by atoms with Gasteiger partial charge in [0.15, 0.2) is 5.84 Å². The molecular formula is C14H21N3O2. The van der Waals surface area contributed by atoms with E-state index < -0.39 is 5.92 Å². The van der Waals surface area contributed by atoms with E-state index in [1.165, 1.54) is 0 Å². The van der Waals surface area contributed by atoms with Crippen molar-refractivity contribution < 1.29 is 10.0 Å². The standard InChI is InChI=1S/C14H21N3O2/c1-3-5-12(13(15)17-19)14(18)16-9-11-7-4-6-10(2)8-11/h4,6-8,12,19H,3,5,9H2,1-2H3,(H2,15,17)(H,16,18). The lowest BCUT2D eigenvalue weighted by Gasteiger charge is -2.14. The molecule has 0 aliphatic rings. The summed E-state index contributed by atoms with van der Waals surface area (Å²) >= 11 is 0. The van der Waals surface area contributed by atoms with Gasteiger partial charge in [0.05, 0.1) is 5.92 Å². The number of benzene rings is 1. The van der Waals surface area contributed by atoms with Gasteiger partial charge >= 0.3 is 0 Å². The molecule has 0 fully saturated rings. The summed E-state index contributed by atoms with van der Waals surface area (Å²) in [4.78, 5) is 12.0. The van der Waals surface area contributed by atoms with Crippen LogP contribution < -0.4 is 11.1 Å². The third kappa shape index (κ3) is 4.62. The molecule has 0 aromatic heterocycles. The van der Waals surface area contributed by atoms with Crippen molar-refractivity contribution in [2.24, 2.45) is 16.8 Å². The predicted molar refractivity (Wildman–Crippen MR) is 74.8 cm³/mol. The highest BCUT2D eigenvalue weighted by Gasteiger charge is 2.21. The SMILES string of the molecule is CCCC(C(=O)NCc1cccc(C)c1)C(N)=NO. The van der Waals surface area contributed by atoms with Crippen LogP contribution in [0.1, 0.15) is 30.9 Å². The summed E-state index contributed by atoms with van der Waals surface area (Å²) in [5.41, 5.74) is 7.71. The lowest BCUT2D eigenvalue weighted by Crippen LogP contribution is -2.38. The number of amides is 1. The molecule has 1 amide bonds. The molecule has 1 atom stereocenters. The number of nitrogens with one attached hydrogen (secondary N) is 1. The van der Waals surface area contributed by atoms with E-state index in [0.717, 1.165) is 17.5 Å². The Bertz CT molecular complexity index is 458. The molecule has 1 aromatic carbocycles. The second kappa shape index (κ2) is 7.41. The average molecular weight is 263 g/mol. The number of nitrogens with zero attached hydrogens (tertiary/aromatic N) is 1. The first-order chi connectivity index (χ1) is 9.08. The molecule has 5 heteroatoms. The highest BCUT2D eigenvalue weighted by Crippen LogP contribution is 2.08. The number of carbonyl (C=O) groups is 1. The van der Waals surface area contributed by atoms with Gasteiger partial charge in [-0.1, -0.05) is 48.3 Å². The van der Waals surface area contributed by atoms with E-state index in [-0.39, 0.29) is 11.7 Å². The van der Waals surface area contributed by atoms with Gasteiger partial charge in [-0.15, -0.1) is 0 Å². The maximum Gasteiger partial charge on any atom is 0.231 e. The third-order valence-corrected chi connectivity index (χ3v) is 2.92. The van der Waals surface area contributed by atoms with Crippen LogP contribution in [0.3, 0.4) is 0 Å². The van der Waals surface area contributed by atoms with E-state index in [4.69, 9.17) is 10.9 Å². The minimum atomic E-state index is -0.570. The maximum absolute atomic E-state index is 12.0. The molecule has 5 nitrogen and oxygen atoms in total. The van der Waals surface area contributed by atoms with Crippen molar-refractivity contribution in [3.05, 3.63) is 35.4 Å². The first-order valence-corrected chi connectivity index (χ1v) is 6.39. The third-order valence-electron chi connectivity index (χ3n) is 2.92. The van der Waals surface area contributed by atoms with E-state index in [2.05, 4.69) is 10.5 Å². The Balaban J connectivity index is 2.62. The average Bonchev–Trinajstić information content (AvgIpc) is 2.41. The molecule has 19 heavy (non-hydrogen) atoms. The van der Waals surface area contributed by atoms with Crippen LogP contribution >= 0.6 is 0 Å². The molecule has 1 unspecified atom stereocenters. The molecule has 0 bridgehead atoms. The minimum Gasteiger partial charge on any atom is -0.409 e. The Kier molecular flexibility index (Phi) is 5.85. The molecule has 0 saturated carbocycles. The summed E-state index contributed by atoms with van der Waals surface area (Å²) in [6.07, 6.45) is 1.36. The smallest absolute Gasteiger partial charge is 0.231 e. The van der Waals surface area contributed by atoms with Crippen LogP contribution in [0.15, 0.2) is 29.4 Å². The van der Waals surface area contributed by atoms with Gasteiger partial charge in [-0.3, -0.25) is 4.79 Å². The number of hydrogen-bond donors (Lipinski definition) is 3. The van der Waals surface area contributed by atoms with Crippen LogP contribution in [0.2, 0.25) is 0 Å². The fourth-order valence-electron chi connectivity index (χ4n) is 1.91. The number of hydrogen-bond acceptors (Lipinski definition) is 3. The number of nitrogens with two attached hydrogens (primary N) is 1. The normalized spacial score (nSPS) is 13.1. The summed E-state index contributed by atoms with van der Waals surface area (Å²) in [6.45, 7) is 4.40. The topological polar surface area (TPSA) is 87.7 Å². The monoisotopic (exact) mass is 263 g/mol. The van der Waals surface area contributed by atoms with Gasteiger partial charge in [-0.2, -0.15) is 0 Å². The zero-order valence-electron chi connectivity index (χ0n) is 11.4. The van der Waals surface area contributed by atoms with Crippen LogP contribution in [0.5, 0.6) is 0 Å². The lowest BCUT2D eigenvalue weighted by atomic mass is 10.0. The fraction of sp³-hybridized carbons (Fsp3) is 0.429. The molecule has 1 aromatic rings. The summed E-state index contributed by atoms with van der Waals surface area (Å²) in [5, 5.41) is 14.4. The van der Waals surface area contributed by atoms with E-state index in [1.54, 1.807) is 0 Å². The van der Waals surface area contributed by atoms with Crippen molar-refractivity contribution in [2.75, 3.05) is 0 Å². The fourth-order valence-corrected chi connectivity index (χ4v) is 1.91. The van der Waals surface area contributed by atoms with Crippen molar-refractivity contribution in [2.45, 2.75) is 33.2 Å². The number of aryl methyl sites for hydroxylation is 1. The van der Waals surface area contributed by atoms with Crippen molar-refractivity contribution in [1.82, 2.24) is 5.32 Å². The van der Waals surface area contributed by atoms with Crippen molar-refractivity contribution in [3.63, 3.8) is 0 Å². The van der Waals surface area contributed by atoms with Gasteiger partial charge in [0.2, 0.25) is 5.91 Å². The molecule has 0 radical (unpaired) electrons. The Labute approximate surface area is 113 Å². The number of carbonyl (C=O) groups excluding carboxylic acids is 1. The van der Waals surface area contributed by atoms with Crippen molar-refractivity contribution >= 4 is 11.7 Å². The van der Waals surface area contributed by atoms with E-state index in [9.17, 15) is 4.79 Å². The number of rotatable bonds is 6. The summed E-state index contributed by atoms with van der Waals surface area (Å²) in [7, 11) is 0. The van der Waals surface area contributed by atoms with Gasteiger partial charge in [-0.05, 0) is 18.9 Å². The zero-order chi connectivity index (χ0) is 14.3. The highest BCUT2D eigenvalue weighted by molar-refractivity contribution is 6.01. The Morgan fingerprint density at radius 1 is 1.53 bits per heavy atom. The molecular weight excluding hydrogens is 242 g/mol. The highest BCUT2D eigenvalue weighted by atomic mass is 16.4.